The monoisotopic (exact) mass is 274 g/mol. The van der Waals surface area contributed by atoms with Gasteiger partial charge in [-0.2, -0.15) is 0 Å². The van der Waals surface area contributed by atoms with E-state index in [1.807, 2.05) is 7.05 Å². The number of rotatable bonds is 6. The largest absolute Gasteiger partial charge is 0.395 e. The van der Waals surface area contributed by atoms with Crippen molar-refractivity contribution in [1.29, 1.82) is 0 Å². The zero-order valence-corrected chi connectivity index (χ0v) is 12.2. The van der Waals surface area contributed by atoms with E-state index in [1.165, 1.54) is 0 Å². The van der Waals surface area contributed by atoms with Crippen LogP contribution in [0.25, 0.3) is 0 Å². The number of hydrogen-bond donors (Lipinski definition) is 1. The fraction of sp³-hybridized carbons (Fsp3) is 0.500. The highest BCUT2D eigenvalue weighted by molar-refractivity contribution is 5.96. The van der Waals surface area contributed by atoms with Crippen molar-refractivity contribution in [2.75, 3.05) is 20.2 Å². The first-order chi connectivity index (χ1) is 9.70. The highest BCUT2D eigenvalue weighted by Gasteiger charge is 2.14. The van der Waals surface area contributed by atoms with Crippen molar-refractivity contribution in [3.63, 3.8) is 0 Å². The number of hydrogen-bond acceptors (Lipinski definition) is 3. The summed E-state index contributed by atoms with van der Waals surface area (Å²) >= 11 is 0. The Morgan fingerprint density at radius 3 is 2.95 bits per heavy atom. The minimum atomic E-state index is -0.0307. The molecule has 0 unspecified atom stereocenters. The van der Waals surface area contributed by atoms with Crippen LogP contribution in [0, 0.1) is 11.8 Å². The van der Waals surface area contributed by atoms with Gasteiger partial charge in [0.15, 0.2) is 0 Å². The van der Waals surface area contributed by atoms with Crippen molar-refractivity contribution in [1.82, 2.24) is 9.88 Å². The van der Waals surface area contributed by atoms with E-state index < -0.39 is 0 Å². The lowest BCUT2D eigenvalue weighted by Crippen LogP contribution is -2.28. The SMILES string of the molecule is CCCCCN(C)C(=O)c1ccncc1C#CCCO. The molecule has 0 aromatic carbocycles. The summed E-state index contributed by atoms with van der Waals surface area (Å²) in [6.07, 6.45) is 6.86. The van der Waals surface area contributed by atoms with Crippen LogP contribution in [0.5, 0.6) is 0 Å². The molecule has 0 bridgehead atoms. The van der Waals surface area contributed by atoms with Crippen molar-refractivity contribution >= 4 is 5.91 Å². The average molecular weight is 274 g/mol. The Labute approximate surface area is 120 Å². The second kappa shape index (κ2) is 9.11. The molecule has 1 amide bonds. The third kappa shape index (κ3) is 5.02. The molecule has 4 nitrogen and oxygen atoms in total. The molecule has 0 aliphatic heterocycles. The summed E-state index contributed by atoms with van der Waals surface area (Å²) in [7, 11) is 1.81. The number of unbranched alkanes of at least 4 members (excludes halogenated alkanes) is 2. The van der Waals surface area contributed by atoms with Gasteiger partial charge in [0.05, 0.1) is 17.7 Å². The Balaban J connectivity index is 2.79. The molecule has 4 heteroatoms. The first kappa shape index (κ1) is 16.2. The van der Waals surface area contributed by atoms with Crippen LogP contribution in [0.15, 0.2) is 18.5 Å². The van der Waals surface area contributed by atoms with E-state index in [-0.39, 0.29) is 12.5 Å². The van der Waals surface area contributed by atoms with Gasteiger partial charge in [0.2, 0.25) is 0 Å². The van der Waals surface area contributed by atoms with E-state index in [9.17, 15) is 4.79 Å². The number of aliphatic hydroxyl groups is 1. The fourth-order valence-corrected chi connectivity index (χ4v) is 1.80. The summed E-state index contributed by atoms with van der Waals surface area (Å²) in [5.74, 6) is 5.69. The molecule has 108 valence electrons. The van der Waals surface area contributed by atoms with Crippen molar-refractivity contribution in [3.05, 3.63) is 29.6 Å². The average Bonchev–Trinajstić information content (AvgIpc) is 2.47. The van der Waals surface area contributed by atoms with Gasteiger partial charge in [-0.05, 0) is 12.5 Å². The highest BCUT2D eigenvalue weighted by atomic mass is 16.2. The van der Waals surface area contributed by atoms with Crippen molar-refractivity contribution in [2.24, 2.45) is 0 Å². The molecule has 1 heterocycles. The standard InChI is InChI=1S/C16H22N2O2/c1-3-4-6-11-18(2)16(20)15-9-10-17-13-14(15)8-5-7-12-19/h9-10,13,19H,3-4,6-7,11-12H2,1-2H3. The quantitative estimate of drug-likeness (QED) is 0.638. The maximum absolute atomic E-state index is 12.4. The van der Waals surface area contributed by atoms with E-state index in [4.69, 9.17) is 5.11 Å². The predicted molar refractivity (Wildman–Crippen MR) is 79.3 cm³/mol. The molecule has 0 aliphatic carbocycles. The molecule has 20 heavy (non-hydrogen) atoms. The third-order valence-corrected chi connectivity index (χ3v) is 2.96. The molecule has 0 aliphatic rings. The fourth-order valence-electron chi connectivity index (χ4n) is 1.80. The van der Waals surface area contributed by atoms with E-state index in [1.54, 1.807) is 23.4 Å². The van der Waals surface area contributed by atoms with Gasteiger partial charge >= 0.3 is 0 Å². The first-order valence-corrected chi connectivity index (χ1v) is 7.00. The van der Waals surface area contributed by atoms with Gasteiger partial charge in [-0.15, -0.1) is 0 Å². The number of aliphatic hydroxyl groups excluding tert-OH is 1. The van der Waals surface area contributed by atoms with Crippen LogP contribution in [0.4, 0.5) is 0 Å². The van der Waals surface area contributed by atoms with Crippen LogP contribution in [0.1, 0.15) is 48.5 Å². The van der Waals surface area contributed by atoms with Crippen molar-refractivity contribution in [2.45, 2.75) is 32.6 Å². The molecule has 1 rings (SSSR count). The molecule has 0 atom stereocenters. The van der Waals surface area contributed by atoms with Gasteiger partial charge in [-0.1, -0.05) is 31.6 Å². The highest BCUT2D eigenvalue weighted by Crippen LogP contribution is 2.09. The van der Waals surface area contributed by atoms with E-state index in [0.717, 1.165) is 25.8 Å². The summed E-state index contributed by atoms with van der Waals surface area (Å²) in [5.41, 5.74) is 1.19. The Bertz CT molecular complexity index is 489. The number of amides is 1. The lowest BCUT2D eigenvalue weighted by atomic mass is 10.1. The Morgan fingerprint density at radius 2 is 2.25 bits per heavy atom. The molecule has 1 aromatic heterocycles. The Hall–Kier alpha value is -1.86. The van der Waals surface area contributed by atoms with Crippen LogP contribution >= 0.6 is 0 Å². The van der Waals surface area contributed by atoms with Crippen LogP contribution in [0.2, 0.25) is 0 Å². The lowest BCUT2D eigenvalue weighted by molar-refractivity contribution is 0.0792. The molecule has 0 saturated carbocycles. The Kier molecular flexibility index (Phi) is 7.38. The van der Waals surface area contributed by atoms with Gasteiger partial charge < -0.3 is 10.0 Å². The normalized spacial score (nSPS) is 9.75. The first-order valence-electron chi connectivity index (χ1n) is 7.00. The summed E-state index contributed by atoms with van der Waals surface area (Å²) in [6.45, 7) is 2.91. The van der Waals surface area contributed by atoms with Crippen LogP contribution in [0.3, 0.4) is 0 Å². The maximum Gasteiger partial charge on any atom is 0.254 e. The van der Waals surface area contributed by atoms with Gasteiger partial charge in [0.25, 0.3) is 5.91 Å². The molecule has 1 N–H and O–H groups in total. The maximum atomic E-state index is 12.4. The molecule has 0 spiro atoms. The predicted octanol–water partition coefficient (Wildman–Crippen LogP) is 2.08. The third-order valence-electron chi connectivity index (χ3n) is 2.96. The minimum Gasteiger partial charge on any atom is -0.395 e. The molecular weight excluding hydrogens is 252 g/mol. The number of pyridine rings is 1. The van der Waals surface area contributed by atoms with E-state index in [2.05, 4.69) is 23.7 Å². The molecular formula is C16H22N2O2. The zero-order chi connectivity index (χ0) is 14.8. The zero-order valence-electron chi connectivity index (χ0n) is 12.2. The van der Waals surface area contributed by atoms with Crippen LogP contribution in [-0.4, -0.2) is 41.1 Å². The molecule has 1 aromatic rings. The summed E-state index contributed by atoms with van der Waals surface area (Å²) in [6, 6.07) is 1.70. The smallest absolute Gasteiger partial charge is 0.254 e. The Morgan fingerprint density at radius 1 is 1.45 bits per heavy atom. The molecule has 0 radical (unpaired) electrons. The van der Waals surface area contributed by atoms with Crippen molar-refractivity contribution < 1.29 is 9.90 Å². The summed E-state index contributed by atoms with van der Waals surface area (Å²) < 4.78 is 0. The van der Waals surface area contributed by atoms with E-state index in [0.29, 0.717) is 17.5 Å². The van der Waals surface area contributed by atoms with E-state index >= 15 is 0 Å². The number of aromatic nitrogens is 1. The van der Waals surface area contributed by atoms with Crippen LogP contribution < -0.4 is 0 Å². The summed E-state index contributed by atoms with van der Waals surface area (Å²) in [5, 5.41) is 8.74. The van der Waals surface area contributed by atoms with Crippen LogP contribution in [-0.2, 0) is 0 Å². The summed E-state index contributed by atoms with van der Waals surface area (Å²) in [4.78, 5) is 18.1. The second-order valence-corrected chi connectivity index (χ2v) is 4.63. The molecule has 0 saturated heterocycles. The second-order valence-electron chi connectivity index (χ2n) is 4.63. The lowest BCUT2D eigenvalue weighted by Gasteiger charge is -2.17. The van der Waals surface area contributed by atoms with Gasteiger partial charge in [-0.25, -0.2) is 0 Å². The topological polar surface area (TPSA) is 53.4 Å². The number of carbonyl (C=O) groups excluding carboxylic acids is 1. The number of nitrogens with zero attached hydrogens (tertiary/aromatic N) is 2. The minimum absolute atomic E-state index is 0.0213. The van der Waals surface area contributed by atoms with Gasteiger partial charge in [-0.3, -0.25) is 9.78 Å². The van der Waals surface area contributed by atoms with Gasteiger partial charge in [0, 0.05) is 32.4 Å². The number of carbonyl (C=O) groups is 1. The molecule has 0 fully saturated rings. The van der Waals surface area contributed by atoms with Gasteiger partial charge in [0.1, 0.15) is 0 Å². The van der Waals surface area contributed by atoms with Crippen molar-refractivity contribution in [3.8, 4) is 11.8 Å².